The van der Waals surface area contributed by atoms with Crippen molar-refractivity contribution in [2.45, 2.75) is 39.3 Å². The highest BCUT2D eigenvalue weighted by atomic mass is 35.5. The smallest absolute Gasteiger partial charge is 0.474 e. The van der Waals surface area contributed by atoms with Gasteiger partial charge in [0.15, 0.2) is 17.1 Å². The normalized spacial score (nSPS) is 13.5. The van der Waals surface area contributed by atoms with Crippen LogP contribution in [0.15, 0.2) is 17.1 Å². The summed E-state index contributed by atoms with van der Waals surface area (Å²) in [6.07, 6.45) is 3.01. The summed E-state index contributed by atoms with van der Waals surface area (Å²) in [6.45, 7) is 1.79. The molecule has 7 nitrogen and oxygen atoms in total. The van der Waals surface area contributed by atoms with Crippen molar-refractivity contribution in [1.29, 1.82) is 0 Å². The summed E-state index contributed by atoms with van der Waals surface area (Å²) in [6, 6.07) is 0.776. The second-order valence-corrected chi connectivity index (χ2v) is 6.70. The van der Waals surface area contributed by atoms with E-state index in [1.165, 1.54) is 6.20 Å². The lowest BCUT2D eigenvalue weighted by Crippen LogP contribution is -2.32. The molecule has 1 fully saturated rings. The number of hydrogen-bond donors (Lipinski definition) is 0. The summed E-state index contributed by atoms with van der Waals surface area (Å²) >= 11 is 5.95. The van der Waals surface area contributed by atoms with Gasteiger partial charge in [-0.05, 0) is 18.9 Å². The summed E-state index contributed by atoms with van der Waals surface area (Å²) in [4.78, 5) is 34.9. The fourth-order valence-corrected chi connectivity index (χ4v) is 3.03. The minimum absolute atomic E-state index is 0.0121. The van der Waals surface area contributed by atoms with Crippen LogP contribution < -0.4 is 5.43 Å². The van der Waals surface area contributed by atoms with Crippen molar-refractivity contribution >= 4 is 41.8 Å². The van der Waals surface area contributed by atoms with Crippen LogP contribution in [0.25, 0.3) is 10.9 Å². The number of carbonyl (C=O) groups is 2. The molecule has 1 aliphatic rings. The van der Waals surface area contributed by atoms with Crippen LogP contribution in [0.2, 0.25) is 5.02 Å². The minimum Gasteiger partial charge on any atom is -0.474 e. The van der Waals surface area contributed by atoms with E-state index in [0.717, 1.165) is 32.8 Å². The van der Waals surface area contributed by atoms with Gasteiger partial charge in [-0.25, -0.2) is 8.78 Å². The molecule has 1 aromatic heterocycles. The third-order valence-electron chi connectivity index (χ3n) is 4.07. The minimum atomic E-state index is -1.65. The zero-order valence-corrected chi connectivity index (χ0v) is 15.7. The lowest BCUT2D eigenvalue weighted by molar-refractivity contribution is -0.140. The van der Waals surface area contributed by atoms with Crippen LogP contribution in [0.4, 0.5) is 8.78 Å². The highest BCUT2D eigenvalue weighted by molar-refractivity contribution is 6.41. The maximum absolute atomic E-state index is 13.9. The van der Waals surface area contributed by atoms with Gasteiger partial charge in [-0.3, -0.25) is 14.4 Å². The van der Waals surface area contributed by atoms with Crippen molar-refractivity contribution in [3.63, 3.8) is 0 Å². The molecule has 0 amide bonds. The van der Waals surface area contributed by atoms with E-state index in [9.17, 15) is 23.2 Å². The second kappa shape index (κ2) is 7.88. The quantitative estimate of drug-likeness (QED) is 0.535. The van der Waals surface area contributed by atoms with Gasteiger partial charge in [-0.15, -0.1) is 0 Å². The first-order valence-corrected chi connectivity index (χ1v) is 8.74. The van der Waals surface area contributed by atoms with E-state index >= 15 is 0 Å². The Balaban J connectivity index is 2.01. The predicted octanol–water partition coefficient (Wildman–Crippen LogP) is 2.90. The Hall–Kier alpha value is -2.46. The molecule has 0 saturated heterocycles. The zero-order chi connectivity index (χ0) is 20.6. The van der Waals surface area contributed by atoms with E-state index in [4.69, 9.17) is 25.6 Å². The van der Waals surface area contributed by atoms with Gasteiger partial charge in [0.1, 0.15) is 5.02 Å². The molecule has 3 rings (SSSR count). The van der Waals surface area contributed by atoms with Crippen molar-refractivity contribution < 1.29 is 32.3 Å². The first-order valence-electron chi connectivity index (χ1n) is 8.36. The Morgan fingerprint density at radius 3 is 2.39 bits per heavy atom. The maximum atomic E-state index is 13.9. The number of halogens is 3. The van der Waals surface area contributed by atoms with E-state index in [-0.39, 0.29) is 22.5 Å². The van der Waals surface area contributed by atoms with Gasteiger partial charge in [0, 0.05) is 31.6 Å². The number of aromatic nitrogens is 1. The van der Waals surface area contributed by atoms with Gasteiger partial charge >= 0.3 is 7.32 Å². The predicted molar refractivity (Wildman–Crippen MR) is 95.5 cm³/mol. The molecule has 11 heteroatoms. The van der Waals surface area contributed by atoms with Gasteiger partial charge in [0.05, 0.1) is 17.5 Å². The van der Waals surface area contributed by atoms with Crippen molar-refractivity contribution in [2.24, 2.45) is 0 Å². The van der Waals surface area contributed by atoms with Gasteiger partial charge in [0.2, 0.25) is 0 Å². The first kappa shape index (κ1) is 20.3. The molecule has 0 bridgehead atoms. The highest BCUT2D eigenvalue weighted by Crippen LogP contribution is 2.39. The summed E-state index contributed by atoms with van der Waals surface area (Å²) in [5, 5.41) is -0.572. The highest BCUT2D eigenvalue weighted by Gasteiger charge is 2.31. The maximum Gasteiger partial charge on any atom is 0.792 e. The zero-order valence-electron chi connectivity index (χ0n) is 15.0. The van der Waals surface area contributed by atoms with Crippen LogP contribution in [0, 0.1) is 11.6 Å². The molecule has 148 valence electrons. The summed E-state index contributed by atoms with van der Waals surface area (Å²) in [5.41, 5.74) is -0.448. The fraction of sp³-hybridized carbons (Fsp3) is 0.353. The van der Waals surface area contributed by atoms with E-state index in [2.05, 4.69) is 0 Å². The van der Waals surface area contributed by atoms with Crippen LogP contribution in [0.5, 0.6) is 0 Å². The van der Waals surface area contributed by atoms with Crippen LogP contribution >= 0.6 is 11.6 Å². The lowest BCUT2D eigenvalue weighted by atomic mass is 10.1. The standard InChI is InChI=1S/C17H15BClF2NO6/c1-8(23)27-18(28-9(2)24)26-7-10-6-22(11-3-4-11)16-12(17(10)25)5-13(20)15(21)14(16)19/h5-6,11H,3-4,7H2,1-2H3. The molecule has 0 unspecified atom stereocenters. The van der Waals surface area contributed by atoms with Crippen molar-refractivity contribution in [2.75, 3.05) is 0 Å². The number of hydrogen-bond acceptors (Lipinski definition) is 6. The summed E-state index contributed by atoms with van der Waals surface area (Å²) < 4.78 is 44.0. The fourth-order valence-electron chi connectivity index (χ4n) is 2.74. The van der Waals surface area contributed by atoms with Gasteiger partial charge < -0.3 is 18.5 Å². The van der Waals surface area contributed by atoms with Crippen LogP contribution in [0.1, 0.15) is 38.3 Å². The number of rotatable bonds is 6. The number of benzene rings is 1. The first-order chi connectivity index (χ1) is 13.2. The molecule has 0 radical (unpaired) electrons. The number of pyridine rings is 1. The molecule has 0 atom stereocenters. The van der Waals surface area contributed by atoms with E-state index in [1.807, 2.05) is 0 Å². The number of fused-ring (bicyclic) bond motifs is 1. The molecule has 1 aromatic carbocycles. The monoisotopic (exact) mass is 413 g/mol. The third-order valence-corrected chi connectivity index (χ3v) is 4.41. The molecule has 1 saturated carbocycles. The Bertz CT molecular complexity index is 1010. The molecule has 0 aliphatic heterocycles. The van der Waals surface area contributed by atoms with Gasteiger partial charge in [0.25, 0.3) is 11.9 Å². The second-order valence-electron chi connectivity index (χ2n) is 6.32. The molecular formula is C17H15BClF2NO6. The van der Waals surface area contributed by atoms with Crippen LogP contribution in [0.3, 0.4) is 0 Å². The van der Waals surface area contributed by atoms with E-state index in [1.54, 1.807) is 4.57 Å². The number of nitrogens with zero attached hydrogens (tertiary/aromatic N) is 1. The molecule has 1 aliphatic carbocycles. The summed E-state index contributed by atoms with van der Waals surface area (Å²) in [5.74, 6) is -3.99. The summed E-state index contributed by atoms with van der Waals surface area (Å²) in [7, 11) is -1.65. The third kappa shape index (κ3) is 4.17. The van der Waals surface area contributed by atoms with Crippen LogP contribution in [-0.2, 0) is 30.2 Å². The van der Waals surface area contributed by atoms with E-state index in [0.29, 0.717) is 0 Å². The average molecular weight is 414 g/mol. The molecule has 0 spiro atoms. The van der Waals surface area contributed by atoms with Crippen molar-refractivity contribution in [1.82, 2.24) is 4.57 Å². The largest absolute Gasteiger partial charge is 0.792 e. The van der Waals surface area contributed by atoms with Gasteiger partial charge in [-0.2, -0.15) is 0 Å². The van der Waals surface area contributed by atoms with E-state index < -0.39 is 48.0 Å². The molecule has 28 heavy (non-hydrogen) atoms. The molecular weight excluding hydrogens is 398 g/mol. The average Bonchev–Trinajstić information content (AvgIpc) is 3.43. The van der Waals surface area contributed by atoms with Crippen molar-refractivity contribution in [3.05, 3.63) is 44.7 Å². The Morgan fingerprint density at radius 2 is 1.86 bits per heavy atom. The Kier molecular flexibility index (Phi) is 5.71. The SMILES string of the molecule is CC(=O)OB(OCc1cn(C2CC2)c2c(Cl)c(F)c(F)cc2c1=O)OC(C)=O. The Morgan fingerprint density at radius 1 is 1.25 bits per heavy atom. The molecule has 0 N–H and O–H groups in total. The number of carbonyl (C=O) groups excluding carboxylic acids is 2. The molecule has 2 aromatic rings. The van der Waals surface area contributed by atoms with Gasteiger partial charge in [-0.1, -0.05) is 11.6 Å². The molecule has 1 heterocycles. The van der Waals surface area contributed by atoms with Crippen LogP contribution in [-0.4, -0.2) is 23.8 Å². The topological polar surface area (TPSA) is 83.8 Å². The van der Waals surface area contributed by atoms with Crippen molar-refractivity contribution in [3.8, 4) is 0 Å². The lowest BCUT2D eigenvalue weighted by Gasteiger charge is -2.16. The Labute approximate surface area is 163 Å².